The van der Waals surface area contributed by atoms with Crippen LogP contribution in [0.1, 0.15) is 51.5 Å². The molecule has 144 valence electrons. The van der Waals surface area contributed by atoms with Crippen LogP contribution in [0.25, 0.3) is 5.57 Å². The summed E-state index contributed by atoms with van der Waals surface area (Å²) >= 11 is 0. The van der Waals surface area contributed by atoms with E-state index in [-0.39, 0.29) is 17.7 Å². The van der Waals surface area contributed by atoms with Crippen LogP contribution in [-0.4, -0.2) is 47.2 Å². The van der Waals surface area contributed by atoms with Gasteiger partial charge in [-0.3, -0.25) is 19.3 Å². The van der Waals surface area contributed by atoms with E-state index < -0.39 is 0 Å². The molecule has 0 aromatic heterocycles. The summed E-state index contributed by atoms with van der Waals surface area (Å²) in [4.78, 5) is 40.8. The number of hydrogen-bond acceptors (Lipinski definition) is 4. The van der Waals surface area contributed by atoms with Crippen molar-refractivity contribution in [3.63, 3.8) is 0 Å². The Hall–Kier alpha value is -2.63. The molecule has 1 aromatic rings. The van der Waals surface area contributed by atoms with E-state index in [1.807, 2.05) is 6.92 Å². The fraction of sp³-hybridized carbons (Fsp3) is 0.476. The summed E-state index contributed by atoms with van der Waals surface area (Å²) in [7, 11) is 0. The number of carbonyl (C=O) groups is 3. The Kier molecular flexibility index (Phi) is 5.94. The summed E-state index contributed by atoms with van der Waals surface area (Å²) < 4.78 is 0. The van der Waals surface area contributed by atoms with Gasteiger partial charge in [-0.05, 0) is 43.4 Å². The highest BCUT2D eigenvalue weighted by Crippen LogP contribution is 2.33. The molecule has 1 saturated heterocycles. The highest BCUT2D eigenvalue weighted by Gasteiger charge is 2.41. The Morgan fingerprint density at radius 3 is 2.30 bits per heavy atom. The monoisotopic (exact) mass is 369 g/mol. The minimum absolute atomic E-state index is 0.145. The molecule has 1 aromatic carbocycles. The topological polar surface area (TPSA) is 69.7 Å². The molecule has 1 N–H and O–H groups in total. The predicted molar refractivity (Wildman–Crippen MR) is 105 cm³/mol. The molecule has 2 aliphatic rings. The van der Waals surface area contributed by atoms with Gasteiger partial charge in [-0.15, -0.1) is 0 Å². The van der Waals surface area contributed by atoms with E-state index in [4.69, 9.17) is 0 Å². The summed E-state index contributed by atoms with van der Waals surface area (Å²) in [6.45, 7) is 5.58. The lowest BCUT2D eigenvalue weighted by molar-refractivity contribution is -0.137. The van der Waals surface area contributed by atoms with Crippen molar-refractivity contribution in [2.45, 2.75) is 46.0 Å². The average molecular weight is 369 g/mol. The van der Waals surface area contributed by atoms with E-state index in [1.165, 1.54) is 11.8 Å². The highest BCUT2D eigenvalue weighted by atomic mass is 16.2. The first-order chi connectivity index (χ1) is 13.0. The van der Waals surface area contributed by atoms with Crippen LogP contribution in [-0.2, 0) is 14.4 Å². The van der Waals surface area contributed by atoms with Gasteiger partial charge in [-0.25, -0.2) is 0 Å². The van der Waals surface area contributed by atoms with Gasteiger partial charge in [-0.1, -0.05) is 25.5 Å². The van der Waals surface area contributed by atoms with Crippen LogP contribution >= 0.6 is 0 Å². The maximum atomic E-state index is 13.1. The zero-order valence-corrected chi connectivity index (χ0v) is 16.1. The van der Waals surface area contributed by atoms with Gasteiger partial charge in [0.05, 0.1) is 5.57 Å². The van der Waals surface area contributed by atoms with Crippen LogP contribution in [0, 0.1) is 0 Å². The van der Waals surface area contributed by atoms with Crippen molar-refractivity contribution in [2.24, 2.45) is 0 Å². The molecule has 0 unspecified atom stereocenters. The molecule has 27 heavy (non-hydrogen) atoms. The number of nitrogens with one attached hydrogen (secondary N) is 1. The van der Waals surface area contributed by atoms with Gasteiger partial charge in [0.15, 0.2) is 0 Å². The molecule has 0 spiro atoms. The normalized spacial score (nSPS) is 17.7. The summed E-state index contributed by atoms with van der Waals surface area (Å²) in [5, 5.41) is 2.73. The van der Waals surface area contributed by atoms with Crippen LogP contribution in [0.2, 0.25) is 0 Å². The smallest absolute Gasteiger partial charge is 0.277 e. The van der Waals surface area contributed by atoms with Crippen molar-refractivity contribution >= 4 is 29.0 Å². The Bertz CT molecular complexity index is 761. The van der Waals surface area contributed by atoms with E-state index in [2.05, 4.69) is 10.2 Å². The average Bonchev–Trinajstić information content (AvgIpc) is 2.91. The van der Waals surface area contributed by atoms with E-state index >= 15 is 0 Å². The van der Waals surface area contributed by atoms with E-state index in [0.29, 0.717) is 23.5 Å². The first-order valence-corrected chi connectivity index (χ1v) is 9.76. The number of likely N-dealkylation sites (tertiary alicyclic amines) is 1. The van der Waals surface area contributed by atoms with Crippen molar-refractivity contribution in [2.75, 3.05) is 25.0 Å². The molecular formula is C21H27N3O3. The predicted octanol–water partition coefficient (Wildman–Crippen LogP) is 3.01. The maximum Gasteiger partial charge on any atom is 0.277 e. The molecule has 2 aliphatic heterocycles. The second-order valence-corrected chi connectivity index (χ2v) is 7.15. The first-order valence-electron chi connectivity index (χ1n) is 9.76. The van der Waals surface area contributed by atoms with Gasteiger partial charge in [-0.2, -0.15) is 0 Å². The second-order valence-electron chi connectivity index (χ2n) is 7.15. The van der Waals surface area contributed by atoms with E-state index in [1.54, 1.807) is 24.3 Å². The number of imide groups is 1. The standard InChI is InChI=1S/C21H27N3O3/c1-3-4-14-24-20(26)18(16-8-10-17(11-9-16)22-15(2)25)19(21(24)27)23-12-6-5-7-13-23/h8-11H,3-7,12-14H2,1-2H3,(H,22,25). The number of carbonyl (C=O) groups excluding carboxylic acids is 3. The lowest BCUT2D eigenvalue weighted by atomic mass is 10.0. The quantitative estimate of drug-likeness (QED) is 0.783. The SMILES string of the molecule is CCCCN1C(=O)C(c2ccc(NC(C)=O)cc2)=C(N2CCCCC2)C1=O. The fourth-order valence-corrected chi connectivity index (χ4v) is 3.68. The number of benzene rings is 1. The van der Waals surface area contributed by atoms with Gasteiger partial charge in [0.25, 0.3) is 11.8 Å². The highest BCUT2D eigenvalue weighted by molar-refractivity contribution is 6.35. The molecular weight excluding hydrogens is 342 g/mol. The third-order valence-corrected chi connectivity index (χ3v) is 5.05. The summed E-state index contributed by atoms with van der Waals surface area (Å²) in [6, 6.07) is 7.14. The molecule has 0 radical (unpaired) electrons. The van der Waals surface area contributed by atoms with Gasteiger partial charge in [0.1, 0.15) is 5.70 Å². The summed E-state index contributed by atoms with van der Waals surface area (Å²) in [5.74, 6) is -0.522. The number of piperidine rings is 1. The Labute approximate surface area is 160 Å². The number of rotatable bonds is 6. The fourth-order valence-electron chi connectivity index (χ4n) is 3.68. The van der Waals surface area contributed by atoms with E-state index in [9.17, 15) is 14.4 Å². The van der Waals surface area contributed by atoms with Crippen LogP contribution in [0.5, 0.6) is 0 Å². The minimum Gasteiger partial charge on any atom is -0.366 e. The van der Waals surface area contributed by atoms with Crippen LogP contribution in [0.15, 0.2) is 30.0 Å². The molecule has 0 atom stereocenters. The van der Waals surface area contributed by atoms with Gasteiger partial charge in [0.2, 0.25) is 5.91 Å². The molecule has 1 fully saturated rings. The molecule has 0 bridgehead atoms. The van der Waals surface area contributed by atoms with Crippen molar-refractivity contribution in [1.82, 2.24) is 9.80 Å². The van der Waals surface area contributed by atoms with Crippen molar-refractivity contribution in [3.8, 4) is 0 Å². The molecule has 3 rings (SSSR count). The zero-order valence-electron chi connectivity index (χ0n) is 16.1. The Morgan fingerprint density at radius 1 is 1.04 bits per heavy atom. The zero-order chi connectivity index (χ0) is 19.4. The molecule has 0 aliphatic carbocycles. The van der Waals surface area contributed by atoms with Crippen LogP contribution in [0.3, 0.4) is 0 Å². The summed E-state index contributed by atoms with van der Waals surface area (Å²) in [6.07, 6.45) is 4.96. The third kappa shape index (κ3) is 4.04. The second kappa shape index (κ2) is 8.37. The molecule has 6 nitrogen and oxygen atoms in total. The lowest BCUT2D eigenvalue weighted by Gasteiger charge is -2.29. The number of nitrogens with zero attached hydrogens (tertiary/aromatic N) is 2. The molecule has 2 heterocycles. The van der Waals surface area contributed by atoms with Crippen molar-refractivity contribution in [1.29, 1.82) is 0 Å². The number of anilines is 1. The number of unbranched alkanes of at least 4 members (excludes halogenated alkanes) is 1. The number of amides is 3. The van der Waals surface area contributed by atoms with E-state index in [0.717, 1.165) is 50.8 Å². The largest absolute Gasteiger partial charge is 0.366 e. The molecule has 3 amide bonds. The van der Waals surface area contributed by atoms with Crippen LogP contribution < -0.4 is 5.32 Å². The van der Waals surface area contributed by atoms with Crippen molar-refractivity contribution < 1.29 is 14.4 Å². The van der Waals surface area contributed by atoms with Crippen LogP contribution in [0.4, 0.5) is 5.69 Å². The Balaban J connectivity index is 1.97. The summed E-state index contributed by atoms with van der Waals surface area (Å²) in [5.41, 5.74) is 2.43. The van der Waals surface area contributed by atoms with Gasteiger partial charge in [0, 0.05) is 32.2 Å². The first kappa shape index (κ1) is 19.1. The lowest BCUT2D eigenvalue weighted by Crippen LogP contribution is -2.37. The number of hydrogen-bond donors (Lipinski definition) is 1. The van der Waals surface area contributed by atoms with Gasteiger partial charge < -0.3 is 10.2 Å². The minimum atomic E-state index is -0.207. The Morgan fingerprint density at radius 2 is 1.70 bits per heavy atom. The third-order valence-electron chi connectivity index (χ3n) is 5.05. The maximum absolute atomic E-state index is 13.1. The molecule has 6 heteroatoms. The molecule has 0 saturated carbocycles. The van der Waals surface area contributed by atoms with Gasteiger partial charge >= 0.3 is 0 Å². The van der Waals surface area contributed by atoms with Crippen molar-refractivity contribution in [3.05, 3.63) is 35.5 Å².